The van der Waals surface area contributed by atoms with Gasteiger partial charge in [0.25, 0.3) is 0 Å². The van der Waals surface area contributed by atoms with E-state index in [0.29, 0.717) is 5.69 Å². The molecule has 0 radical (unpaired) electrons. The van der Waals surface area contributed by atoms with Gasteiger partial charge in [0.1, 0.15) is 0 Å². The number of nitrogens with one attached hydrogen (secondary N) is 1. The standard InChI is InChI=1S/C11H13F3N2/c12-11(13,14)9-3-6-16-10(7-9)8-1-4-15-5-2-8/h3,6-8,15H,1-2,4-5H2. The van der Waals surface area contributed by atoms with Crippen molar-refractivity contribution in [1.82, 2.24) is 10.3 Å². The van der Waals surface area contributed by atoms with Crippen LogP contribution in [0.3, 0.4) is 0 Å². The highest BCUT2D eigenvalue weighted by molar-refractivity contribution is 5.22. The number of piperidine rings is 1. The van der Waals surface area contributed by atoms with Gasteiger partial charge in [-0.3, -0.25) is 4.98 Å². The molecule has 2 nitrogen and oxygen atoms in total. The number of alkyl halides is 3. The lowest BCUT2D eigenvalue weighted by atomic mass is 9.93. The maximum absolute atomic E-state index is 12.5. The predicted molar refractivity (Wildman–Crippen MR) is 54.1 cm³/mol. The molecule has 16 heavy (non-hydrogen) atoms. The zero-order valence-electron chi connectivity index (χ0n) is 8.72. The summed E-state index contributed by atoms with van der Waals surface area (Å²) >= 11 is 0. The van der Waals surface area contributed by atoms with Crippen LogP contribution in [0.4, 0.5) is 13.2 Å². The van der Waals surface area contributed by atoms with Crippen molar-refractivity contribution in [3.8, 4) is 0 Å². The minimum atomic E-state index is -4.27. The molecule has 0 bridgehead atoms. The van der Waals surface area contributed by atoms with Crippen molar-refractivity contribution in [3.63, 3.8) is 0 Å². The molecular weight excluding hydrogens is 217 g/mol. The van der Waals surface area contributed by atoms with Crippen LogP contribution in [0, 0.1) is 0 Å². The van der Waals surface area contributed by atoms with Crippen molar-refractivity contribution in [2.75, 3.05) is 13.1 Å². The number of nitrogens with zero attached hydrogens (tertiary/aromatic N) is 1. The minimum absolute atomic E-state index is 0.156. The molecule has 0 saturated carbocycles. The number of pyridine rings is 1. The van der Waals surface area contributed by atoms with Crippen LogP contribution in [-0.2, 0) is 6.18 Å². The lowest BCUT2D eigenvalue weighted by Gasteiger charge is -2.22. The molecule has 0 aliphatic carbocycles. The van der Waals surface area contributed by atoms with Gasteiger partial charge in [-0.1, -0.05) is 0 Å². The fraction of sp³-hybridized carbons (Fsp3) is 0.545. The third kappa shape index (κ3) is 2.52. The Morgan fingerprint density at radius 3 is 2.56 bits per heavy atom. The number of hydrogen-bond acceptors (Lipinski definition) is 2. The Labute approximate surface area is 91.9 Å². The van der Waals surface area contributed by atoms with Crippen molar-refractivity contribution in [3.05, 3.63) is 29.6 Å². The van der Waals surface area contributed by atoms with E-state index in [1.54, 1.807) is 0 Å². The Hall–Kier alpha value is -1.10. The van der Waals surface area contributed by atoms with Gasteiger partial charge in [-0.2, -0.15) is 13.2 Å². The van der Waals surface area contributed by atoms with Crippen LogP contribution in [0.15, 0.2) is 18.3 Å². The van der Waals surface area contributed by atoms with Gasteiger partial charge in [-0.05, 0) is 38.1 Å². The molecule has 0 spiro atoms. The summed E-state index contributed by atoms with van der Waals surface area (Å²) in [6.07, 6.45) is -1.31. The van der Waals surface area contributed by atoms with Crippen molar-refractivity contribution >= 4 is 0 Å². The zero-order valence-corrected chi connectivity index (χ0v) is 8.72. The van der Waals surface area contributed by atoms with Crippen LogP contribution in [0.25, 0.3) is 0 Å². The van der Waals surface area contributed by atoms with Crippen molar-refractivity contribution in [2.24, 2.45) is 0 Å². The highest BCUT2D eigenvalue weighted by Gasteiger charge is 2.31. The highest BCUT2D eigenvalue weighted by Crippen LogP contribution is 2.31. The Morgan fingerprint density at radius 2 is 1.94 bits per heavy atom. The lowest BCUT2D eigenvalue weighted by molar-refractivity contribution is -0.137. The average Bonchev–Trinajstić information content (AvgIpc) is 2.29. The quantitative estimate of drug-likeness (QED) is 0.802. The summed E-state index contributed by atoms with van der Waals surface area (Å²) in [5.74, 6) is 0.156. The topological polar surface area (TPSA) is 24.9 Å². The van der Waals surface area contributed by atoms with E-state index in [9.17, 15) is 13.2 Å². The summed E-state index contributed by atoms with van der Waals surface area (Å²) in [4.78, 5) is 4.05. The summed E-state index contributed by atoms with van der Waals surface area (Å²) in [6.45, 7) is 1.70. The molecule has 1 fully saturated rings. The zero-order chi connectivity index (χ0) is 11.6. The van der Waals surface area contributed by atoms with Crippen molar-refractivity contribution in [1.29, 1.82) is 0 Å². The second kappa shape index (κ2) is 4.41. The lowest BCUT2D eigenvalue weighted by Crippen LogP contribution is -2.27. The van der Waals surface area contributed by atoms with E-state index in [1.807, 2.05) is 0 Å². The van der Waals surface area contributed by atoms with Gasteiger partial charge in [-0.15, -0.1) is 0 Å². The van der Waals surface area contributed by atoms with Gasteiger partial charge in [0.05, 0.1) is 5.56 Å². The third-order valence-electron chi connectivity index (χ3n) is 2.87. The monoisotopic (exact) mass is 230 g/mol. The smallest absolute Gasteiger partial charge is 0.317 e. The summed E-state index contributed by atoms with van der Waals surface area (Å²) in [5.41, 5.74) is -0.0349. The molecule has 2 heterocycles. The van der Waals surface area contributed by atoms with E-state index in [0.717, 1.165) is 32.0 Å². The highest BCUT2D eigenvalue weighted by atomic mass is 19.4. The molecule has 0 aromatic carbocycles. The van der Waals surface area contributed by atoms with E-state index < -0.39 is 11.7 Å². The molecule has 0 amide bonds. The molecule has 2 rings (SSSR count). The Kier molecular flexibility index (Phi) is 3.14. The van der Waals surface area contributed by atoms with Gasteiger partial charge >= 0.3 is 6.18 Å². The number of aromatic nitrogens is 1. The molecule has 1 aromatic heterocycles. The van der Waals surface area contributed by atoms with Gasteiger partial charge in [0.2, 0.25) is 0 Å². The summed E-state index contributed by atoms with van der Waals surface area (Å²) in [5, 5.41) is 3.18. The molecule has 88 valence electrons. The van der Waals surface area contributed by atoms with Crippen LogP contribution in [0.1, 0.15) is 30.0 Å². The second-order valence-corrected chi connectivity index (χ2v) is 3.99. The predicted octanol–water partition coefficient (Wildman–Crippen LogP) is 2.57. The van der Waals surface area contributed by atoms with Crippen LogP contribution in [0.2, 0.25) is 0 Å². The number of rotatable bonds is 1. The summed E-state index contributed by atoms with van der Waals surface area (Å²) in [7, 11) is 0. The largest absolute Gasteiger partial charge is 0.416 e. The third-order valence-corrected chi connectivity index (χ3v) is 2.87. The fourth-order valence-electron chi connectivity index (χ4n) is 1.97. The number of halogens is 3. The van der Waals surface area contributed by atoms with Crippen LogP contribution >= 0.6 is 0 Å². The van der Waals surface area contributed by atoms with Crippen LogP contribution in [-0.4, -0.2) is 18.1 Å². The maximum Gasteiger partial charge on any atom is 0.416 e. The average molecular weight is 230 g/mol. The first-order chi connectivity index (χ1) is 7.57. The van der Waals surface area contributed by atoms with Gasteiger partial charge in [0.15, 0.2) is 0 Å². The normalized spacial score (nSPS) is 18.7. The van der Waals surface area contributed by atoms with Gasteiger partial charge < -0.3 is 5.32 Å². The minimum Gasteiger partial charge on any atom is -0.317 e. The maximum atomic E-state index is 12.5. The van der Waals surface area contributed by atoms with E-state index >= 15 is 0 Å². The number of hydrogen-bond donors (Lipinski definition) is 1. The Balaban J connectivity index is 2.21. The Bertz CT molecular complexity index is 356. The second-order valence-electron chi connectivity index (χ2n) is 3.99. The van der Waals surface area contributed by atoms with E-state index in [1.165, 1.54) is 12.3 Å². The van der Waals surface area contributed by atoms with Crippen molar-refractivity contribution in [2.45, 2.75) is 24.9 Å². The molecular formula is C11H13F3N2. The van der Waals surface area contributed by atoms with Gasteiger partial charge in [-0.25, -0.2) is 0 Å². The van der Waals surface area contributed by atoms with E-state index in [2.05, 4.69) is 10.3 Å². The fourth-order valence-corrected chi connectivity index (χ4v) is 1.97. The first kappa shape index (κ1) is 11.4. The van der Waals surface area contributed by atoms with E-state index in [-0.39, 0.29) is 5.92 Å². The molecule has 1 saturated heterocycles. The molecule has 1 aliphatic heterocycles. The molecule has 1 aliphatic rings. The first-order valence-electron chi connectivity index (χ1n) is 5.31. The van der Waals surface area contributed by atoms with E-state index in [4.69, 9.17) is 0 Å². The van der Waals surface area contributed by atoms with Crippen molar-refractivity contribution < 1.29 is 13.2 Å². The van der Waals surface area contributed by atoms with Crippen LogP contribution < -0.4 is 5.32 Å². The summed E-state index contributed by atoms with van der Waals surface area (Å²) < 4.78 is 37.5. The molecule has 0 atom stereocenters. The molecule has 0 unspecified atom stereocenters. The summed E-state index contributed by atoms with van der Waals surface area (Å²) in [6, 6.07) is 2.20. The Morgan fingerprint density at radius 1 is 1.25 bits per heavy atom. The van der Waals surface area contributed by atoms with Gasteiger partial charge in [0, 0.05) is 17.8 Å². The first-order valence-corrected chi connectivity index (χ1v) is 5.31. The van der Waals surface area contributed by atoms with Crippen LogP contribution in [0.5, 0.6) is 0 Å². The molecule has 5 heteroatoms. The molecule has 1 aromatic rings. The SMILES string of the molecule is FC(F)(F)c1ccnc(C2CCNCC2)c1. The molecule has 1 N–H and O–H groups in total.